The fourth-order valence-corrected chi connectivity index (χ4v) is 4.86. The molecular weight excluding hydrogens is 398 g/mol. The summed E-state index contributed by atoms with van der Waals surface area (Å²) in [6.07, 6.45) is 16.1. The SMILES string of the molecule is Cn1cnc(C2=C(C3=CN(c4nc5c(s4)C(=O)NC(C)(C)C5)C=CO3)CCC=C2)c1. The van der Waals surface area contributed by atoms with Crippen molar-refractivity contribution in [1.29, 1.82) is 0 Å². The van der Waals surface area contributed by atoms with Gasteiger partial charge in [0.05, 0.1) is 23.9 Å². The molecule has 5 rings (SSSR count). The molecular formula is C22H23N5O2S. The van der Waals surface area contributed by atoms with Crippen LogP contribution >= 0.6 is 11.3 Å². The molecule has 0 spiro atoms. The number of ether oxygens (including phenoxy) is 1. The van der Waals surface area contributed by atoms with E-state index in [4.69, 9.17) is 9.72 Å². The van der Waals surface area contributed by atoms with E-state index in [9.17, 15) is 4.79 Å². The average Bonchev–Trinajstić information content (AvgIpc) is 3.34. The fourth-order valence-electron chi connectivity index (χ4n) is 3.92. The second-order valence-electron chi connectivity index (χ2n) is 8.35. The summed E-state index contributed by atoms with van der Waals surface area (Å²) in [4.78, 5) is 24.4. The molecule has 3 aliphatic rings. The number of nitrogens with zero attached hydrogens (tertiary/aromatic N) is 4. The van der Waals surface area contributed by atoms with Crippen LogP contribution in [0, 0.1) is 0 Å². The summed E-state index contributed by atoms with van der Waals surface area (Å²) in [6.45, 7) is 4.03. The van der Waals surface area contributed by atoms with Crippen LogP contribution in [0.2, 0.25) is 0 Å². The highest BCUT2D eigenvalue weighted by Crippen LogP contribution is 2.37. The van der Waals surface area contributed by atoms with Crippen molar-refractivity contribution in [2.45, 2.75) is 38.6 Å². The Bertz CT molecular complexity index is 1150. The van der Waals surface area contributed by atoms with Crippen molar-refractivity contribution in [2.75, 3.05) is 4.90 Å². The molecule has 1 N–H and O–H groups in total. The van der Waals surface area contributed by atoms with Crippen molar-refractivity contribution in [2.24, 2.45) is 7.05 Å². The van der Waals surface area contributed by atoms with Gasteiger partial charge in [0.25, 0.3) is 5.91 Å². The maximum absolute atomic E-state index is 12.5. The van der Waals surface area contributed by atoms with Crippen LogP contribution < -0.4 is 10.2 Å². The summed E-state index contributed by atoms with van der Waals surface area (Å²) in [6, 6.07) is 0. The maximum Gasteiger partial charge on any atom is 0.263 e. The number of hydrogen-bond acceptors (Lipinski definition) is 6. The second-order valence-corrected chi connectivity index (χ2v) is 9.33. The summed E-state index contributed by atoms with van der Waals surface area (Å²) in [5.41, 5.74) is 3.69. The number of hydrogen-bond donors (Lipinski definition) is 1. The summed E-state index contributed by atoms with van der Waals surface area (Å²) in [5.74, 6) is 0.726. The Balaban J connectivity index is 1.51. The summed E-state index contributed by atoms with van der Waals surface area (Å²) in [7, 11) is 1.96. The molecule has 0 radical (unpaired) electrons. The number of fused-ring (bicyclic) bond motifs is 1. The largest absolute Gasteiger partial charge is 0.462 e. The summed E-state index contributed by atoms with van der Waals surface area (Å²) >= 11 is 1.41. The highest BCUT2D eigenvalue weighted by atomic mass is 32.1. The molecule has 0 bridgehead atoms. The molecule has 2 aromatic heterocycles. The normalized spacial score (nSPS) is 20.0. The predicted octanol–water partition coefficient (Wildman–Crippen LogP) is 3.89. The zero-order valence-corrected chi connectivity index (χ0v) is 18.0. The van der Waals surface area contributed by atoms with Crippen LogP contribution in [0.3, 0.4) is 0 Å². The lowest BCUT2D eigenvalue weighted by Gasteiger charge is -2.29. The number of anilines is 1. The van der Waals surface area contributed by atoms with Gasteiger partial charge in [-0.1, -0.05) is 23.5 Å². The minimum atomic E-state index is -0.284. The van der Waals surface area contributed by atoms with Gasteiger partial charge in [-0.2, -0.15) is 0 Å². The number of nitrogens with one attached hydrogen (secondary N) is 1. The van der Waals surface area contributed by atoms with E-state index in [-0.39, 0.29) is 11.4 Å². The third-order valence-corrected chi connectivity index (χ3v) is 6.41. The van der Waals surface area contributed by atoms with Crippen molar-refractivity contribution in [3.8, 4) is 0 Å². The van der Waals surface area contributed by atoms with E-state index < -0.39 is 0 Å². The topological polar surface area (TPSA) is 72.3 Å². The van der Waals surface area contributed by atoms with Gasteiger partial charge >= 0.3 is 0 Å². The quantitative estimate of drug-likeness (QED) is 0.814. The van der Waals surface area contributed by atoms with Crippen LogP contribution in [0.5, 0.6) is 0 Å². The smallest absolute Gasteiger partial charge is 0.263 e. The van der Waals surface area contributed by atoms with E-state index in [0.717, 1.165) is 52.7 Å². The Kier molecular flexibility index (Phi) is 4.39. The monoisotopic (exact) mass is 421 g/mol. The number of thiazole rings is 1. The van der Waals surface area contributed by atoms with Crippen LogP contribution in [0.15, 0.2) is 54.7 Å². The molecule has 2 aromatic rings. The molecule has 0 saturated carbocycles. The number of amides is 1. The van der Waals surface area contributed by atoms with Gasteiger partial charge in [0.1, 0.15) is 16.9 Å². The number of imidazole rings is 1. The molecule has 4 heterocycles. The predicted molar refractivity (Wildman–Crippen MR) is 117 cm³/mol. The molecule has 1 aliphatic carbocycles. The maximum atomic E-state index is 12.5. The first-order chi connectivity index (χ1) is 14.4. The summed E-state index contributed by atoms with van der Waals surface area (Å²) < 4.78 is 7.84. The van der Waals surface area contributed by atoms with Crippen molar-refractivity contribution in [3.05, 3.63) is 70.9 Å². The van der Waals surface area contributed by atoms with Crippen molar-refractivity contribution in [1.82, 2.24) is 19.9 Å². The van der Waals surface area contributed by atoms with Gasteiger partial charge in [-0.05, 0) is 26.7 Å². The van der Waals surface area contributed by atoms with E-state index in [2.05, 4.69) is 22.5 Å². The van der Waals surface area contributed by atoms with Gasteiger partial charge in [-0.3, -0.25) is 9.69 Å². The Labute approximate surface area is 179 Å². The molecule has 0 aromatic carbocycles. The zero-order valence-electron chi connectivity index (χ0n) is 17.2. The summed E-state index contributed by atoms with van der Waals surface area (Å²) in [5, 5.41) is 3.81. The van der Waals surface area contributed by atoms with E-state index in [1.807, 2.05) is 49.0 Å². The van der Waals surface area contributed by atoms with Crippen LogP contribution in [-0.4, -0.2) is 26.0 Å². The third kappa shape index (κ3) is 3.37. The van der Waals surface area contributed by atoms with Gasteiger partial charge in [0.2, 0.25) is 0 Å². The van der Waals surface area contributed by atoms with E-state index >= 15 is 0 Å². The molecule has 1 amide bonds. The molecule has 0 saturated heterocycles. The Morgan fingerprint density at radius 3 is 3.00 bits per heavy atom. The highest BCUT2D eigenvalue weighted by molar-refractivity contribution is 7.17. The van der Waals surface area contributed by atoms with Crippen molar-refractivity contribution >= 4 is 27.9 Å². The van der Waals surface area contributed by atoms with Crippen molar-refractivity contribution < 1.29 is 9.53 Å². The van der Waals surface area contributed by atoms with E-state index in [0.29, 0.717) is 4.88 Å². The Hall–Kier alpha value is -3.13. The minimum absolute atomic E-state index is 0.0518. The fraction of sp³-hybridized carbons (Fsp3) is 0.318. The van der Waals surface area contributed by atoms with Gasteiger partial charge in [0.15, 0.2) is 5.13 Å². The van der Waals surface area contributed by atoms with Gasteiger partial charge in [-0.25, -0.2) is 9.97 Å². The molecule has 30 heavy (non-hydrogen) atoms. The molecule has 0 fully saturated rings. The van der Waals surface area contributed by atoms with Crippen LogP contribution in [-0.2, 0) is 18.2 Å². The number of rotatable bonds is 3. The number of carbonyl (C=O) groups excluding carboxylic acids is 1. The van der Waals surface area contributed by atoms with Crippen LogP contribution in [0.25, 0.3) is 5.57 Å². The third-order valence-electron chi connectivity index (χ3n) is 5.30. The van der Waals surface area contributed by atoms with Crippen LogP contribution in [0.1, 0.15) is 47.7 Å². The Morgan fingerprint density at radius 1 is 1.33 bits per heavy atom. The number of allylic oxidation sites excluding steroid dienone is 4. The molecule has 154 valence electrons. The van der Waals surface area contributed by atoms with Crippen molar-refractivity contribution in [3.63, 3.8) is 0 Å². The van der Waals surface area contributed by atoms with Crippen LogP contribution in [0.4, 0.5) is 5.13 Å². The zero-order chi connectivity index (χ0) is 20.9. The number of aromatic nitrogens is 3. The standard InChI is InChI=1S/C22H23N5O2S/c1-22(2)10-16-19(20(28)25-22)30-21(24-16)27-8-9-29-18(12-27)15-7-5-4-6-14(15)17-11-26(3)13-23-17/h4,6,8-9,11-13H,5,7,10H2,1-3H3,(H,25,28). The van der Waals surface area contributed by atoms with Gasteiger partial charge < -0.3 is 14.6 Å². The lowest BCUT2D eigenvalue weighted by molar-refractivity contribution is 0.0901. The lowest BCUT2D eigenvalue weighted by Crippen LogP contribution is -2.48. The first-order valence-electron chi connectivity index (χ1n) is 9.94. The molecule has 2 aliphatic heterocycles. The lowest BCUT2D eigenvalue weighted by atomic mass is 9.94. The van der Waals surface area contributed by atoms with E-state index in [1.54, 1.807) is 12.6 Å². The first kappa shape index (κ1) is 18.9. The van der Waals surface area contributed by atoms with E-state index in [1.165, 1.54) is 11.3 Å². The minimum Gasteiger partial charge on any atom is -0.462 e. The Morgan fingerprint density at radius 2 is 2.20 bits per heavy atom. The number of aryl methyl sites for hydroxylation is 1. The second kappa shape index (κ2) is 6.98. The highest BCUT2D eigenvalue weighted by Gasteiger charge is 2.34. The number of carbonyl (C=O) groups is 1. The first-order valence-corrected chi connectivity index (χ1v) is 10.8. The molecule has 0 atom stereocenters. The average molecular weight is 422 g/mol. The van der Waals surface area contributed by atoms with Gasteiger partial charge in [0, 0.05) is 42.6 Å². The molecule has 7 nitrogen and oxygen atoms in total. The van der Waals surface area contributed by atoms with Gasteiger partial charge in [-0.15, -0.1) is 0 Å². The molecule has 8 heteroatoms. The molecule has 0 unspecified atom stereocenters.